The minimum absolute atomic E-state index is 0.153. The molecule has 17 heavy (non-hydrogen) atoms. The van der Waals surface area contributed by atoms with E-state index < -0.39 is 0 Å². The van der Waals surface area contributed by atoms with Crippen molar-refractivity contribution >= 4 is 15.9 Å². The van der Waals surface area contributed by atoms with E-state index in [1.54, 1.807) is 12.1 Å². The first kappa shape index (κ1) is 13.0. The Morgan fingerprint density at radius 1 is 1.47 bits per heavy atom. The molecule has 1 aliphatic rings. The molecule has 1 aromatic rings. The van der Waals surface area contributed by atoms with Gasteiger partial charge >= 0.3 is 0 Å². The Morgan fingerprint density at radius 3 is 2.76 bits per heavy atom. The molecule has 0 saturated heterocycles. The largest absolute Gasteiger partial charge is 0.313 e. The zero-order chi connectivity index (χ0) is 12.5. The molecule has 0 aromatic heterocycles. The van der Waals surface area contributed by atoms with Gasteiger partial charge in [-0.1, -0.05) is 29.8 Å². The SMILES string of the molecule is CCNC(Cc1cc(F)ccc1Br)C1(C)CC1. The molecule has 0 heterocycles. The van der Waals surface area contributed by atoms with Gasteiger partial charge in [0.2, 0.25) is 0 Å². The van der Waals surface area contributed by atoms with E-state index in [9.17, 15) is 4.39 Å². The molecule has 2 rings (SSSR count). The van der Waals surface area contributed by atoms with Crippen molar-refractivity contribution in [2.75, 3.05) is 6.54 Å². The van der Waals surface area contributed by atoms with Gasteiger partial charge in [-0.2, -0.15) is 0 Å². The average molecular weight is 300 g/mol. The predicted octanol–water partition coefficient (Wildman–Crippen LogP) is 3.91. The second-order valence-corrected chi connectivity index (χ2v) is 6.06. The summed E-state index contributed by atoms with van der Waals surface area (Å²) in [7, 11) is 0. The van der Waals surface area contributed by atoms with Crippen LogP contribution in [0.1, 0.15) is 32.3 Å². The van der Waals surface area contributed by atoms with E-state index in [2.05, 4.69) is 35.1 Å². The van der Waals surface area contributed by atoms with E-state index in [1.165, 1.54) is 18.9 Å². The minimum atomic E-state index is -0.153. The smallest absolute Gasteiger partial charge is 0.123 e. The number of likely N-dealkylation sites (N-methyl/N-ethyl adjacent to an activating group) is 1. The summed E-state index contributed by atoms with van der Waals surface area (Å²) in [5, 5.41) is 3.54. The summed E-state index contributed by atoms with van der Waals surface area (Å²) in [5.41, 5.74) is 1.46. The van der Waals surface area contributed by atoms with Crippen LogP contribution in [0, 0.1) is 11.2 Å². The average Bonchev–Trinajstić information content (AvgIpc) is 3.02. The van der Waals surface area contributed by atoms with Gasteiger partial charge in [0.15, 0.2) is 0 Å². The lowest BCUT2D eigenvalue weighted by Gasteiger charge is -2.25. The maximum atomic E-state index is 13.3. The molecule has 0 amide bonds. The lowest BCUT2D eigenvalue weighted by Crippen LogP contribution is -2.38. The molecule has 1 atom stereocenters. The number of hydrogen-bond donors (Lipinski definition) is 1. The Morgan fingerprint density at radius 2 is 2.18 bits per heavy atom. The van der Waals surface area contributed by atoms with Gasteiger partial charge in [0.05, 0.1) is 0 Å². The topological polar surface area (TPSA) is 12.0 Å². The molecule has 0 spiro atoms. The van der Waals surface area contributed by atoms with E-state index >= 15 is 0 Å². The van der Waals surface area contributed by atoms with Crippen molar-refractivity contribution in [1.82, 2.24) is 5.32 Å². The van der Waals surface area contributed by atoms with Gasteiger partial charge in [0, 0.05) is 10.5 Å². The van der Waals surface area contributed by atoms with Gasteiger partial charge in [-0.05, 0) is 55.0 Å². The lowest BCUT2D eigenvalue weighted by atomic mass is 9.92. The predicted molar refractivity (Wildman–Crippen MR) is 72.6 cm³/mol. The van der Waals surface area contributed by atoms with Crippen LogP contribution in [-0.2, 0) is 6.42 Å². The van der Waals surface area contributed by atoms with Crippen LogP contribution in [0.3, 0.4) is 0 Å². The summed E-state index contributed by atoms with van der Waals surface area (Å²) in [5.74, 6) is -0.153. The fraction of sp³-hybridized carbons (Fsp3) is 0.571. The Bertz CT molecular complexity index is 401. The maximum absolute atomic E-state index is 13.3. The quantitative estimate of drug-likeness (QED) is 0.869. The van der Waals surface area contributed by atoms with Crippen LogP contribution in [0.15, 0.2) is 22.7 Å². The second kappa shape index (κ2) is 5.07. The Hall–Kier alpha value is -0.410. The highest BCUT2D eigenvalue weighted by Gasteiger charge is 2.44. The Balaban J connectivity index is 2.14. The fourth-order valence-electron chi connectivity index (χ4n) is 2.28. The molecule has 1 saturated carbocycles. The van der Waals surface area contributed by atoms with E-state index in [1.807, 2.05) is 0 Å². The van der Waals surface area contributed by atoms with Crippen LogP contribution >= 0.6 is 15.9 Å². The number of hydrogen-bond acceptors (Lipinski definition) is 1. The van der Waals surface area contributed by atoms with E-state index in [0.29, 0.717) is 11.5 Å². The third-order valence-electron chi connectivity index (χ3n) is 3.76. The first-order chi connectivity index (χ1) is 8.05. The molecule has 1 aliphatic carbocycles. The first-order valence-electron chi connectivity index (χ1n) is 6.22. The second-order valence-electron chi connectivity index (χ2n) is 5.20. The zero-order valence-corrected chi connectivity index (χ0v) is 12.0. The molecule has 0 aliphatic heterocycles. The maximum Gasteiger partial charge on any atom is 0.123 e. The van der Waals surface area contributed by atoms with Gasteiger partial charge in [0.1, 0.15) is 5.82 Å². The molecule has 1 N–H and O–H groups in total. The molecular formula is C14H19BrFN. The molecule has 1 unspecified atom stereocenters. The molecule has 1 nitrogen and oxygen atoms in total. The number of benzene rings is 1. The summed E-state index contributed by atoms with van der Waals surface area (Å²) < 4.78 is 14.3. The monoisotopic (exact) mass is 299 g/mol. The summed E-state index contributed by atoms with van der Waals surface area (Å²) in [4.78, 5) is 0. The van der Waals surface area contributed by atoms with Crippen LogP contribution in [0.5, 0.6) is 0 Å². The Labute approximate surface area is 111 Å². The highest BCUT2D eigenvalue weighted by atomic mass is 79.9. The Kier molecular flexibility index (Phi) is 3.88. The number of nitrogens with one attached hydrogen (secondary N) is 1. The third kappa shape index (κ3) is 3.08. The van der Waals surface area contributed by atoms with E-state index in [0.717, 1.165) is 23.0 Å². The van der Waals surface area contributed by atoms with Gasteiger partial charge in [-0.3, -0.25) is 0 Å². The summed E-state index contributed by atoms with van der Waals surface area (Å²) in [6, 6.07) is 5.38. The van der Waals surface area contributed by atoms with Crippen molar-refractivity contribution in [2.45, 2.75) is 39.2 Å². The van der Waals surface area contributed by atoms with E-state index in [-0.39, 0.29) is 5.82 Å². The number of rotatable bonds is 5. The van der Waals surface area contributed by atoms with Crippen molar-refractivity contribution in [2.24, 2.45) is 5.41 Å². The van der Waals surface area contributed by atoms with Crippen LogP contribution in [0.4, 0.5) is 4.39 Å². The first-order valence-corrected chi connectivity index (χ1v) is 7.02. The van der Waals surface area contributed by atoms with Crippen molar-refractivity contribution in [3.05, 3.63) is 34.1 Å². The molecular weight excluding hydrogens is 281 g/mol. The van der Waals surface area contributed by atoms with Gasteiger partial charge in [0.25, 0.3) is 0 Å². The molecule has 3 heteroatoms. The van der Waals surface area contributed by atoms with Crippen LogP contribution in [0.2, 0.25) is 0 Å². The fourth-order valence-corrected chi connectivity index (χ4v) is 2.69. The molecule has 0 bridgehead atoms. The molecule has 94 valence electrons. The summed E-state index contributed by atoms with van der Waals surface area (Å²) >= 11 is 3.50. The highest BCUT2D eigenvalue weighted by Crippen LogP contribution is 2.49. The van der Waals surface area contributed by atoms with Gasteiger partial charge < -0.3 is 5.32 Å². The normalized spacial score (nSPS) is 19.1. The van der Waals surface area contributed by atoms with Gasteiger partial charge in [-0.15, -0.1) is 0 Å². The zero-order valence-electron chi connectivity index (χ0n) is 10.4. The van der Waals surface area contributed by atoms with Crippen molar-refractivity contribution in [3.63, 3.8) is 0 Å². The van der Waals surface area contributed by atoms with Gasteiger partial charge in [-0.25, -0.2) is 4.39 Å². The van der Waals surface area contributed by atoms with Crippen molar-refractivity contribution < 1.29 is 4.39 Å². The third-order valence-corrected chi connectivity index (χ3v) is 4.54. The lowest BCUT2D eigenvalue weighted by molar-refractivity contribution is 0.359. The molecule has 1 aromatic carbocycles. The summed E-state index contributed by atoms with van der Waals surface area (Å²) in [6.07, 6.45) is 3.44. The highest BCUT2D eigenvalue weighted by molar-refractivity contribution is 9.10. The molecule has 1 fully saturated rings. The van der Waals surface area contributed by atoms with E-state index in [4.69, 9.17) is 0 Å². The van der Waals surface area contributed by atoms with Crippen LogP contribution in [0.25, 0.3) is 0 Å². The number of halogens is 2. The molecule has 0 radical (unpaired) electrons. The van der Waals surface area contributed by atoms with Crippen molar-refractivity contribution in [1.29, 1.82) is 0 Å². The van der Waals surface area contributed by atoms with Crippen LogP contribution < -0.4 is 5.32 Å². The summed E-state index contributed by atoms with van der Waals surface area (Å²) in [6.45, 7) is 5.40. The standard InChI is InChI=1S/C14H19BrFN/c1-3-17-13(14(2)6-7-14)9-10-8-11(16)4-5-12(10)15/h4-5,8,13,17H,3,6-7,9H2,1-2H3. The van der Waals surface area contributed by atoms with Crippen LogP contribution in [-0.4, -0.2) is 12.6 Å². The van der Waals surface area contributed by atoms with Crippen molar-refractivity contribution in [3.8, 4) is 0 Å². The minimum Gasteiger partial charge on any atom is -0.313 e.